The first-order valence-corrected chi connectivity index (χ1v) is 6.49. The predicted octanol–water partition coefficient (Wildman–Crippen LogP) is 1.54. The lowest BCUT2D eigenvalue weighted by molar-refractivity contribution is 0.533. The molecule has 2 rings (SSSR count). The van der Waals surface area contributed by atoms with Crippen molar-refractivity contribution >= 4 is 11.3 Å². The number of hydrogen-bond donors (Lipinski definition) is 1. The second kappa shape index (κ2) is 4.54. The van der Waals surface area contributed by atoms with Crippen LogP contribution in [0, 0.1) is 0 Å². The molecule has 0 radical (unpaired) electrons. The Balaban J connectivity index is 2.11. The van der Waals surface area contributed by atoms with Gasteiger partial charge in [0.2, 0.25) is 0 Å². The molecule has 6 heteroatoms. The van der Waals surface area contributed by atoms with Crippen LogP contribution in [0.25, 0.3) is 0 Å². The lowest BCUT2D eigenvalue weighted by Gasteiger charge is -2.13. The molecule has 0 atom stereocenters. The van der Waals surface area contributed by atoms with Crippen molar-refractivity contribution in [3.8, 4) is 0 Å². The molecule has 2 heterocycles. The summed E-state index contributed by atoms with van der Waals surface area (Å²) < 4.78 is 1.78. The van der Waals surface area contributed by atoms with Gasteiger partial charge >= 0.3 is 0 Å². The second-order valence-corrected chi connectivity index (χ2v) is 5.55. The van der Waals surface area contributed by atoms with Gasteiger partial charge < -0.3 is 5.73 Å². The molecule has 0 aromatic carbocycles. The third-order valence-electron chi connectivity index (χ3n) is 2.42. The van der Waals surface area contributed by atoms with E-state index in [-0.39, 0.29) is 0 Å². The van der Waals surface area contributed by atoms with E-state index >= 15 is 0 Å². The second-order valence-electron chi connectivity index (χ2n) is 4.61. The van der Waals surface area contributed by atoms with Gasteiger partial charge in [-0.2, -0.15) is 0 Å². The number of nitrogens with two attached hydrogens (primary N) is 1. The topological polar surface area (TPSA) is 69.6 Å². The Morgan fingerprint density at radius 3 is 2.76 bits per heavy atom. The summed E-state index contributed by atoms with van der Waals surface area (Å²) in [4.78, 5) is 4.49. The zero-order valence-corrected chi connectivity index (χ0v) is 11.2. The number of hydrogen-bond acceptors (Lipinski definition) is 5. The van der Waals surface area contributed by atoms with Gasteiger partial charge in [-0.25, -0.2) is 9.67 Å². The molecule has 0 fully saturated rings. The summed E-state index contributed by atoms with van der Waals surface area (Å²) in [6.45, 7) is 6.59. The summed E-state index contributed by atoms with van der Waals surface area (Å²) in [5, 5.41) is 11.4. The van der Waals surface area contributed by atoms with E-state index in [0.29, 0.717) is 6.54 Å². The van der Waals surface area contributed by atoms with Gasteiger partial charge in [-0.05, 0) is 20.3 Å². The van der Waals surface area contributed by atoms with E-state index in [2.05, 4.69) is 27.6 Å². The Bertz CT molecular complexity index is 494. The molecule has 0 aliphatic carbocycles. The quantitative estimate of drug-likeness (QED) is 0.895. The molecule has 0 saturated carbocycles. The van der Waals surface area contributed by atoms with Gasteiger partial charge in [0.1, 0.15) is 5.69 Å². The Hall–Kier alpha value is -1.27. The minimum Gasteiger partial charge on any atom is -0.320 e. The highest BCUT2D eigenvalue weighted by Gasteiger charge is 2.18. The molecule has 0 amide bonds. The minimum atomic E-state index is -0.450. The molecule has 0 aliphatic heterocycles. The molecule has 92 valence electrons. The van der Waals surface area contributed by atoms with Crippen molar-refractivity contribution in [3.05, 3.63) is 28.0 Å². The van der Waals surface area contributed by atoms with Crippen LogP contribution in [0.3, 0.4) is 0 Å². The molecule has 2 aromatic rings. The van der Waals surface area contributed by atoms with Gasteiger partial charge in [-0.15, -0.1) is 16.4 Å². The number of rotatable bonds is 4. The first kappa shape index (κ1) is 12.2. The van der Waals surface area contributed by atoms with Gasteiger partial charge in [0.15, 0.2) is 0 Å². The van der Waals surface area contributed by atoms with Crippen LogP contribution in [0.2, 0.25) is 0 Å². The van der Waals surface area contributed by atoms with Crippen molar-refractivity contribution in [1.29, 1.82) is 0 Å². The van der Waals surface area contributed by atoms with Crippen LogP contribution in [0.15, 0.2) is 11.6 Å². The van der Waals surface area contributed by atoms with Gasteiger partial charge in [0.05, 0.1) is 29.0 Å². The van der Waals surface area contributed by atoms with E-state index in [4.69, 9.17) is 5.73 Å². The van der Waals surface area contributed by atoms with Crippen molar-refractivity contribution in [2.45, 2.75) is 39.3 Å². The van der Waals surface area contributed by atoms with Crippen molar-refractivity contribution in [2.75, 3.05) is 0 Å². The van der Waals surface area contributed by atoms with E-state index in [9.17, 15) is 0 Å². The van der Waals surface area contributed by atoms with Crippen LogP contribution >= 0.6 is 11.3 Å². The molecule has 2 aromatic heterocycles. The first-order chi connectivity index (χ1) is 7.99. The first-order valence-electron chi connectivity index (χ1n) is 5.62. The molecule has 5 nitrogen and oxygen atoms in total. The van der Waals surface area contributed by atoms with Crippen LogP contribution in [0.4, 0.5) is 0 Å². The summed E-state index contributed by atoms with van der Waals surface area (Å²) in [5.74, 6) is 0. The molecule has 2 N–H and O–H groups in total. The maximum absolute atomic E-state index is 5.96. The monoisotopic (exact) mass is 251 g/mol. The summed E-state index contributed by atoms with van der Waals surface area (Å²) >= 11 is 1.68. The maximum atomic E-state index is 5.96. The van der Waals surface area contributed by atoms with Gasteiger partial charge in [-0.3, -0.25) is 0 Å². The number of nitrogens with zero attached hydrogens (tertiary/aromatic N) is 4. The molecule has 0 aliphatic rings. The molecule has 0 saturated heterocycles. The fourth-order valence-corrected chi connectivity index (χ4v) is 2.16. The van der Waals surface area contributed by atoms with Crippen LogP contribution in [0.5, 0.6) is 0 Å². The number of thiazole rings is 1. The highest BCUT2D eigenvalue weighted by atomic mass is 32.1. The summed E-state index contributed by atoms with van der Waals surface area (Å²) in [7, 11) is 0. The van der Waals surface area contributed by atoms with E-state index in [1.54, 1.807) is 16.0 Å². The Morgan fingerprint density at radius 1 is 1.47 bits per heavy atom. The zero-order chi connectivity index (χ0) is 12.5. The van der Waals surface area contributed by atoms with Crippen LogP contribution in [0.1, 0.15) is 37.2 Å². The van der Waals surface area contributed by atoms with E-state index in [1.165, 1.54) is 0 Å². The fourth-order valence-electron chi connectivity index (χ4n) is 1.42. The number of aromatic nitrogens is 4. The standard InChI is InChI=1S/C11H17N5S/c1-4-10-13-8(7-17-10)5-16-6-9(14-15-16)11(2,3)12/h6-7H,4-5,12H2,1-3H3. The van der Waals surface area contributed by atoms with Crippen LogP contribution < -0.4 is 5.73 Å². The third-order valence-corrected chi connectivity index (χ3v) is 3.47. The summed E-state index contributed by atoms with van der Waals surface area (Å²) in [6.07, 6.45) is 2.86. The molecular formula is C11H17N5S. The Kier molecular flexibility index (Phi) is 3.26. The van der Waals surface area contributed by atoms with Crippen LogP contribution in [-0.2, 0) is 18.5 Å². The normalized spacial score (nSPS) is 12.0. The highest BCUT2D eigenvalue weighted by Crippen LogP contribution is 2.14. The van der Waals surface area contributed by atoms with Crippen molar-refractivity contribution in [3.63, 3.8) is 0 Å². The third kappa shape index (κ3) is 2.89. The van der Waals surface area contributed by atoms with E-state index < -0.39 is 5.54 Å². The Morgan fingerprint density at radius 2 is 2.24 bits per heavy atom. The molecule has 0 bridgehead atoms. The van der Waals surface area contributed by atoms with Crippen LogP contribution in [-0.4, -0.2) is 20.0 Å². The molecule has 0 spiro atoms. The fraction of sp³-hybridized carbons (Fsp3) is 0.545. The SMILES string of the molecule is CCc1nc(Cn2cc(C(C)(C)N)nn2)cs1. The van der Waals surface area contributed by atoms with Crippen molar-refractivity contribution in [1.82, 2.24) is 20.0 Å². The van der Waals surface area contributed by atoms with Crippen molar-refractivity contribution in [2.24, 2.45) is 5.73 Å². The Labute approximate surface area is 105 Å². The van der Waals surface area contributed by atoms with E-state index in [1.807, 2.05) is 20.0 Å². The predicted molar refractivity (Wildman–Crippen MR) is 67.8 cm³/mol. The molecular weight excluding hydrogens is 234 g/mol. The van der Waals surface area contributed by atoms with E-state index in [0.717, 1.165) is 22.8 Å². The van der Waals surface area contributed by atoms with Gasteiger partial charge in [-0.1, -0.05) is 12.1 Å². The maximum Gasteiger partial charge on any atom is 0.102 e. The van der Waals surface area contributed by atoms with Gasteiger partial charge in [0.25, 0.3) is 0 Å². The number of aryl methyl sites for hydroxylation is 1. The van der Waals surface area contributed by atoms with Gasteiger partial charge in [0, 0.05) is 5.38 Å². The smallest absolute Gasteiger partial charge is 0.102 e. The van der Waals surface area contributed by atoms with Crippen molar-refractivity contribution < 1.29 is 0 Å². The highest BCUT2D eigenvalue weighted by molar-refractivity contribution is 7.09. The lowest BCUT2D eigenvalue weighted by atomic mass is 10.0. The largest absolute Gasteiger partial charge is 0.320 e. The average Bonchev–Trinajstić information content (AvgIpc) is 2.86. The zero-order valence-electron chi connectivity index (χ0n) is 10.3. The molecule has 17 heavy (non-hydrogen) atoms. The average molecular weight is 251 g/mol. The summed E-state index contributed by atoms with van der Waals surface area (Å²) in [5.41, 5.74) is 7.33. The summed E-state index contributed by atoms with van der Waals surface area (Å²) in [6, 6.07) is 0. The lowest BCUT2D eigenvalue weighted by Crippen LogP contribution is -2.29. The molecule has 0 unspecified atom stereocenters. The minimum absolute atomic E-state index is 0.450.